The standard InChI is InChI=1S/C4H6Cl2N2O/c5-2-1-3(6)7-8-4(2)9/h2-3,7H,1H2,(H,8,9). The van der Waals surface area contributed by atoms with E-state index in [9.17, 15) is 4.79 Å². The number of nitrogens with one attached hydrogen (secondary N) is 2. The Morgan fingerprint density at radius 2 is 2.22 bits per heavy atom. The molecule has 1 amide bonds. The maximum Gasteiger partial charge on any atom is 0.252 e. The van der Waals surface area contributed by atoms with Crippen LogP contribution in [0.2, 0.25) is 0 Å². The van der Waals surface area contributed by atoms with E-state index in [1.807, 2.05) is 0 Å². The van der Waals surface area contributed by atoms with Gasteiger partial charge in [-0.1, -0.05) is 0 Å². The van der Waals surface area contributed by atoms with Crippen molar-refractivity contribution in [3.8, 4) is 0 Å². The van der Waals surface area contributed by atoms with Gasteiger partial charge in [0.1, 0.15) is 10.9 Å². The van der Waals surface area contributed by atoms with Crippen molar-refractivity contribution in [2.45, 2.75) is 17.3 Å². The minimum Gasteiger partial charge on any atom is -0.289 e. The van der Waals surface area contributed by atoms with Crippen molar-refractivity contribution in [2.75, 3.05) is 0 Å². The minimum absolute atomic E-state index is 0.214. The average molecular weight is 169 g/mol. The number of carbonyl (C=O) groups is 1. The predicted molar refractivity (Wildman–Crippen MR) is 35.2 cm³/mol. The summed E-state index contributed by atoms with van der Waals surface area (Å²) < 4.78 is 0. The van der Waals surface area contributed by atoms with Crippen molar-refractivity contribution in [1.29, 1.82) is 0 Å². The van der Waals surface area contributed by atoms with Crippen LogP contribution in [0.3, 0.4) is 0 Å². The zero-order valence-corrected chi connectivity index (χ0v) is 6.04. The normalized spacial score (nSPS) is 36.0. The third kappa shape index (κ3) is 1.71. The van der Waals surface area contributed by atoms with Crippen molar-refractivity contribution in [1.82, 2.24) is 10.9 Å². The van der Waals surface area contributed by atoms with Crippen molar-refractivity contribution in [3.63, 3.8) is 0 Å². The van der Waals surface area contributed by atoms with Gasteiger partial charge in [0.15, 0.2) is 0 Å². The Balaban J connectivity index is 2.44. The van der Waals surface area contributed by atoms with E-state index in [1.165, 1.54) is 0 Å². The van der Waals surface area contributed by atoms with Gasteiger partial charge in [-0.3, -0.25) is 10.2 Å². The smallest absolute Gasteiger partial charge is 0.252 e. The summed E-state index contributed by atoms with van der Waals surface area (Å²) in [6.45, 7) is 0. The van der Waals surface area contributed by atoms with E-state index >= 15 is 0 Å². The first-order valence-corrected chi connectivity index (χ1v) is 3.41. The van der Waals surface area contributed by atoms with E-state index in [2.05, 4.69) is 10.9 Å². The molecule has 0 radical (unpaired) electrons. The summed E-state index contributed by atoms with van der Waals surface area (Å²) in [5, 5.41) is -0.492. The van der Waals surface area contributed by atoms with E-state index in [-0.39, 0.29) is 11.4 Å². The number of halogens is 2. The first-order valence-electron chi connectivity index (χ1n) is 2.53. The van der Waals surface area contributed by atoms with Crippen molar-refractivity contribution < 1.29 is 4.79 Å². The topological polar surface area (TPSA) is 41.1 Å². The Kier molecular flexibility index (Phi) is 2.16. The number of carbonyl (C=O) groups excluding carboxylic acids is 1. The molecule has 3 nitrogen and oxygen atoms in total. The fourth-order valence-corrected chi connectivity index (χ4v) is 1.13. The molecule has 5 heteroatoms. The van der Waals surface area contributed by atoms with Gasteiger partial charge < -0.3 is 0 Å². The molecule has 0 aromatic heterocycles. The molecule has 0 saturated carbocycles. The highest BCUT2D eigenvalue weighted by Gasteiger charge is 2.24. The Morgan fingerprint density at radius 3 is 2.67 bits per heavy atom. The summed E-state index contributed by atoms with van der Waals surface area (Å²) >= 11 is 11.1. The van der Waals surface area contributed by atoms with Crippen LogP contribution in [0, 0.1) is 0 Å². The molecular formula is C4H6Cl2N2O. The highest BCUT2D eigenvalue weighted by Crippen LogP contribution is 2.11. The van der Waals surface area contributed by atoms with Crippen LogP contribution in [0.4, 0.5) is 0 Å². The van der Waals surface area contributed by atoms with E-state index in [4.69, 9.17) is 23.2 Å². The number of hydrazine groups is 1. The van der Waals surface area contributed by atoms with Crippen LogP contribution in [0.25, 0.3) is 0 Å². The van der Waals surface area contributed by atoms with Crippen LogP contribution in [-0.4, -0.2) is 16.8 Å². The van der Waals surface area contributed by atoms with Crippen molar-refractivity contribution in [3.05, 3.63) is 0 Å². The molecule has 1 aliphatic heterocycles. The molecule has 1 rings (SSSR count). The second-order valence-electron chi connectivity index (χ2n) is 1.80. The summed E-state index contributed by atoms with van der Waals surface area (Å²) in [5.41, 5.74) is 4.63. The summed E-state index contributed by atoms with van der Waals surface area (Å²) in [6, 6.07) is 0. The molecule has 0 aromatic carbocycles. The summed E-state index contributed by atoms with van der Waals surface area (Å²) in [4.78, 5) is 10.6. The average Bonchev–Trinajstić information content (AvgIpc) is 1.80. The van der Waals surface area contributed by atoms with Gasteiger partial charge in [0, 0.05) is 6.42 Å². The molecule has 0 spiro atoms. The fraction of sp³-hybridized carbons (Fsp3) is 0.750. The van der Waals surface area contributed by atoms with Gasteiger partial charge in [0.25, 0.3) is 5.91 Å². The van der Waals surface area contributed by atoms with Crippen LogP contribution in [-0.2, 0) is 4.79 Å². The van der Waals surface area contributed by atoms with Crippen LogP contribution in [0.15, 0.2) is 0 Å². The Morgan fingerprint density at radius 1 is 1.56 bits per heavy atom. The third-order valence-corrected chi connectivity index (χ3v) is 1.71. The van der Waals surface area contributed by atoms with Crippen LogP contribution < -0.4 is 10.9 Å². The lowest BCUT2D eigenvalue weighted by Crippen LogP contribution is -2.52. The van der Waals surface area contributed by atoms with Crippen LogP contribution in [0.5, 0.6) is 0 Å². The van der Waals surface area contributed by atoms with E-state index < -0.39 is 5.38 Å². The molecule has 1 saturated heterocycles. The third-order valence-electron chi connectivity index (χ3n) is 1.05. The summed E-state index contributed by atoms with van der Waals surface area (Å²) in [5.74, 6) is -0.214. The molecule has 0 aromatic rings. The highest BCUT2D eigenvalue weighted by atomic mass is 35.5. The van der Waals surface area contributed by atoms with E-state index in [0.717, 1.165) is 0 Å². The molecule has 2 unspecified atom stereocenters. The van der Waals surface area contributed by atoms with Gasteiger partial charge in [-0.05, 0) is 0 Å². The Labute approximate surface area is 62.7 Å². The van der Waals surface area contributed by atoms with Gasteiger partial charge >= 0.3 is 0 Å². The number of hydrogen-bond acceptors (Lipinski definition) is 2. The van der Waals surface area contributed by atoms with Gasteiger partial charge in [-0.15, -0.1) is 23.2 Å². The van der Waals surface area contributed by atoms with Gasteiger partial charge in [-0.25, -0.2) is 5.43 Å². The first kappa shape index (κ1) is 7.12. The van der Waals surface area contributed by atoms with Crippen LogP contribution in [0.1, 0.15) is 6.42 Å². The molecule has 0 aliphatic carbocycles. The van der Waals surface area contributed by atoms with Gasteiger partial charge in [-0.2, -0.15) is 0 Å². The maximum atomic E-state index is 10.6. The summed E-state index contributed by atoms with van der Waals surface area (Å²) in [7, 11) is 0. The molecule has 9 heavy (non-hydrogen) atoms. The van der Waals surface area contributed by atoms with E-state index in [0.29, 0.717) is 6.42 Å². The minimum atomic E-state index is -0.492. The molecule has 1 fully saturated rings. The number of amides is 1. The van der Waals surface area contributed by atoms with Gasteiger partial charge in [0.05, 0.1) is 0 Å². The second kappa shape index (κ2) is 2.73. The molecule has 1 aliphatic rings. The first-order chi connectivity index (χ1) is 4.20. The fourth-order valence-electron chi connectivity index (χ4n) is 0.575. The molecule has 52 valence electrons. The second-order valence-corrected chi connectivity index (χ2v) is 2.86. The number of rotatable bonds is 0. The monoisotopic (exact) mass is 168 g/mol. The van der Waals surface area contributed by atoms with E-state index in [1.54, 1.807) is 0 Å². The quantitative estimate of drug-likeness (QED) is 0.401. The lowest BCUT2D eigenvalue weighted by molar-refractivity contribution is -0.123. The Hall–Kier alpha value is 0.01000. The molecule has 2 atom stereocenters. The largest absolute Gasteiger partial charge is 0.289 e. The summed E-state index contributed by atoms with van der Waals surface area (Å²) in [6.07, 6.45) is 0.467. The molecule has 1 heterocycles. The van der Waals surface area contributed by atoms with Crippen molar-refractivity contribution in [2.24, 2.45) is 0 Å². The number of hydrogen-bond donors (Lipinski definition) is 2. The number of alkyl halides is 2. The molecular weight excluding hydrogens is 163 g/mol. The van der Waals surface area contributed by atoms with Gasteiger partial charge in [0.2, 0.25) is 0 Å². The lowest BCUT2D eigenvalue weighted by Gasteiger charge is -2.21. The van der Waals surface area contributed by atoms with Crippen LogP contribution >= 0.6 is 23.2 Å². The van der Waals surface area contributed by atoms with Crippen molar-refractivity contribution >= 4 is 29.1 Å². The SMILES string of the molecule is O=C1NNC(Cl)CC1Cl. The maximum absolute atomic E-state index is 10.6. The molecule has 0 bridgehead atoms. The highest BCUT2D eigenvalue weighted by molar-refractivity contribution is 6.32. The zero-order valence-electron chi connectivity index (χ0n) is 4.53. The molecule has 2 N–H and O–H groups in total. The Bertz CT molecular complexity index is 130. The predicted octanol–water partition coefficient (Wildman–Crippen LogP) is 0.183. The lowest BCUT2D eigenvalue weighted by atomic mass is 10.2. The zero-order chi connectivity index (χ0) is 6.85.